The highest BCUT2D eigenvalue weighted by atomic mass is 32.1. The highest BCUT2D eigenvalue weighted by molar-refractivity contribution is 7.11. The smallest absolute Gasteiger partial charge is 0.0900 e. The summed E-state index contributed by atoms with van der Waals surface area (Å²) < 4.78 is 0. The minimum absolute atomic E-state index is 0.465. The molecule has 0 amide bonds. The van der Waals surface area contributed by atoms with Crippen LogP contribution in [0.15, 0.2) is 0 Å². The van der Waals surface area contributed by atoms with Crippen LogP contribution in [0.4, 0.5) is 0 Å². The molecule has 1 aliphatic rings. The van der Waals surface area contributed by atoms with Gasteiger partial charge < -0.3 is 5.32 Å². The molecule has 1 aromatic rings. The molecule has 120 valence electrons. The quantitative estimate of drug-likeness (QED) is 0.917. The van der Waals surface area contributed by atoms with Gasteiger partial charge in [0.05, 0.1) is 10.7 Å². The van der Waals surface area contributed by atoms with Gasteiger partial charge in [-0.25, -0.2) is 4.98 Å². The minimum Gasteiger partial charge on any atom is -0.311 e. The molecule has 1 fully saturated rings. The number of hydrogen-bond donors (Lipinski definition) is 1. The van der Waals surface area contributed by atoms with Crippen molar-refractivity contribution >= 4 is 11.3 Å². The molecular weight excluding hydrogens is 278 g/mol. The van der Waals surface area contributed by atoms with E-state index in [9.17, 15) is 0 Å². The van der Waals surface area contributed by atoms with Crippen molar-refractivity contribution in [3.05, 3.63) is 15.6 Å². The molecule has 1 saturated heterocycles. The van der Waals surface area contributed by atoms with Crippen LogP contribution < -0.4 is 5.32 Å². The lowest BCUT2D eigenvalue weighted by Gasteiger charge is -2.46. The topological polar surface area (TPSA) is 28.2 Å². The van der Waals surface area contributed by atoms with Crippen LogP contribution in [-0.2, 0) is 0 Å². The fourth-order valence-electron chi connectivity index (χ4n) is 3.41. The number of nitrogens with zero attached hydrogens (tertiary/aromatic N) is 2. The molecule has 0 radical (unpaired) electrons. The third-order valence-corrected chi connectivity index (χ3v) is 6.06. The molecule has 2 heterocycles. The molecule has 1 aromatic heterocycles. The second-order valence-corrected chi connectivity index (χ2v) is 8.36. The molecule has 0 aliphatic carbocycles. The summed E-state index contributed by atoms with van der Waals surface area (Å²) in [4.78, 5) is 8.79. The van der Waals surface area contributed by atoms with Gasteiger partial charge in [0.15, 0.2) is 0 Å². The van der Waals surface area contributed by atoms with Crippen LogP contribution in [-0.4, -0.2) is 35.1 Å². The summed E-state index contributed by atoms with van der Waals surface area (Å²) in [7, 11) is 0. The largest absolute Gasteiger partial charge is 0.311 e. The molecule has 1 aliphatic heterocycles. The molecular formula is C17H31N3S. The summed E-state index contributed by atoms with van der Waals surface area (Å²) in [6, 6.07) is 1.67. The van der Waals surface area contributed by atoms with Gasteiger partial charge in [0.2, 0.25) is 0 Å². The van der Waals surface area contributed by atoms with Crippen LogP contribution in [0.3, 0.4) is 0 Å². The van der Waals surface area contributed by atoms with Crippen LogP contribution in [0.25, 0.3) is 0 Å². The van der Waals surface area contributed by atoms with Crippen molar-refractivity contribution < 1.29 is 0 Å². The van der Waals surface area contributed by atoms with Crippen LogP contribution in [0.1, 0.15) is 56.2 Å². The van der Waals surface area contributed by atoms with Gasteiger partial charge >= 0.3 is 0 Å². The molecule has 0 saturated carbocycles. The van der Waals surface area contributed by atoms with E-state index in [1.807, 2.05) is 11.3 Å². The Hall–Kier alpha value is -0.450. The first-order valence-corrected chi connectivity index (χ1v) is 9.06. The molecule has 0 bridgehead atoms. The van der Waals surface area contributed by atoms with Gasteiger partial charge in [-0.1, -0.05) is 27.7 Å². The van der Waals surface area contributed by atoms with Crippen molar-refractivity contribution in [1.82, 2.24) is 15.2 Å². The Morgan fingerprint density at radius 1 is 1.14 bits per heavy atom. The third-order valence-electron chi connectivity index (χ3n) is 4.81. The number of hydrogen-bond acceptors (Lipinski definition) is 4. The Morgan fingerprint density at radius 2 is 1.81 bits per heavy atom. The van der Waals surface area contributed by atoms with Crippen molar-refractivity contribution in [2.45, 2.75) is 66.6 Å². The number of thiazole rings is 1. The van der Waals surface area contributed by atoms with E-state index in [-0.39, 0.29) is 0 Å². The van der Waals surface area contributed by atoms with Gasteiger partial charge in [-0.15, -0.1) is 11.3 Å². The van der Waals surface area contributed by atoms with Crippen molar-refractivity contribution in [2.24, 2.45) is 11.8 Å². The maximum Gasteiger partial charge on any atom is 0.0900 e. The molecule has 3 nitrogen and oxygen atoms in total. The van der Waals surface area contributed by atoms with Gasteiger partial charge in [-0.3, -0.25) is 4.90 Å². The van der Waals surface area contributed by atoms with Gasteiger partial charge in [0.1, 0.15) is 0 Å². The van der Waals surface area contributed by atoms with Crippen LogP contribution in [0.2, 0.25) is 0 Å². The molecule has 0 aromatic carbocycles. The van der Waals surface area contributed by atoms with Crippen molar-refractivity contribution in [3.8, 4) is 0 Å². The lowest BCUT2D eigenvalue weighted by molar-refractivity contribution is 0.0522. The predicted octanol–water partition coefficient (Wildman–Crippen LogP) is 3.78. The summed E-state index contributed by atoms with van der Waals surface area (Å²) in [5.74, 6) is 1.35. The van der Waals surface area contributed by atoms with E-state index in [0.717, 1.165) is 13.1 Å². The van der Waals surface area contributed by atoms with E-state index in [1.54, 1.807) is 0 Å². The highest BCUT2D eigenvalue weighted by Gasteiger charge is 2.35. The van der Waals surface area contributed by atoms with Crippen LogP contribution in [0, 0.1) is 25.7 Å². The lowest BCUT2D eigenvalue weighted by Crippen LogP contribution is -2.60. The Balaban J connectivity index is 2.24. The molecule has 2 rings (SSSR count). The average Bonchev–Trinajstić information content (AvgIpc) is 2.76. The fourth-order valence-corrected chi connectivity index (χ4v) is 4.41. The molecule has 1 N–H and O–H groups in total. The summed E-state index contributed by atoms with van der Waals surface area (Å²) >= 11 is 1.87. The summed E-state index contributed by atoms with van der Waals surface area (Å²) in [6.07, 6.45) is 0. The first-order chi connectivity index (χ1) is 9.81. The zero-order valence-corrected chi connectivity index (χ0v) is 15.4. The monoisotopic (exact) mass is 309 g/mol. The Kier molecular flexibility index (Phi) is 5.44. The molecule has 0 spiro atoms. The van der Waals surface area contributed by atoms with E-state index in [4.69, 9.17) is 0 Å². The standard InChI is InChI=1S/C17H31N3S/c1-10(2)15-9-20(16(8-18-15)11(3)4)13(6)17-12(5)19-14(7)21-17/h10-11,13,15-16,18H,8-9H2,1-7H3. The van der Waals surface area contributed by atoms with E-state index in [0.29, 0.717) is 30.0 Å². The molecule has 3 atom stereocenters. The van der Waals surface area contributed by atoms with Crippen molar-refractivity contribution in [2.75, 3.05) is 13.1 Å². The maximum absolute atomic E-state index is 4.63. The van der Waals surface area contributed by atoms with E-state index >= 15 is 0 Å². The zero-order chi connectivity index (χ0) is 15.7. The normalized spacial score (nSPS) is 25.8. The summed E-state index contributed by atoms with van der Waals surface area (Å²) in [6.45, 7) is 18.2. The van der Waals surface area contributed by atoms with Gasteiger partial charge in [-0.2, -0.15) is 0 Å². The minimum atomic E-state index is 0.465. The number of aromatic nitrogens is 1. The maximum atomic E-state index is 4.63. The average molecular weight is 310 g/mol. The number of piperazine rings is 1. The zero-order valence-electron chi connectivity index (χ0n) is 14.6. The second-order valence-electron chi connectivity index (χ2n) is 7.13. The van der Waals surface area contributed by atoms with Crippen molar-refractivity contribution in [3.63, 3.8) is 0 Å². The molecule has 4 heteroatoms. The lowest BCUT2D eigenvalue weighted by atomic mass is 9.92. The second kappa shape index (κ2) is 6.76. The Bertz CT molecular complexity index is 467. The molecule has 21 heavy (non-hydrogen) atoms. The van der Waals surface area contributed by atoms with E-state index in [2.05, 4.69) is 63.7 Å². The van der Waals surface area contributed by atoms with Crippen LogP contribution in [0.5, 0.6) is 0 Å². The highest BCUT2D eigenvalue weighted by Crippen LogP contribution is 2.33. The third kappa shape index (κ3) is 3.66. The summed E-state index contributed by atoms with van der Waals surface area (Å²) in [5, 5.41) is 4.94. The Labute approximate surface area is 134 Å². The van der Waals surface area contributed by atoms with Gasteiger partial charge in [0.25, 0.3) is 0 Å². The Morgan fingerprint density at radius 3 is 2.29 bits per heavy atom. The van der Waals surface area contributed by atoms with Gasteiger partial charge in [-0.05, 0) is 32.6 Å². The number of aryl methyl sites for hydroxylation is 2. The fraction of sp³-hybridized carbons (Fsp3) is 0.824. The van der Waals surface area contributed by atoms with Crippen LogP contribution >= 0.6 is 11.3 Å². The first kappa shape index (κ1) is 16.9. The van der Waals surface area contributed by atoms with Crippen molar-refractivity contribution in [1.29, 1.82) is 0 Å². The first-order valence-electron chi connectivity index (χ1n) is 8.24. The van der Waals surface area contributed by atoms with E-state index < -0.39 is 0 Å². The SMILES string of the molecule is Cc1nc(C)c(C(C)N2CC(C(C)C)NCC2C(C)C)s1. The number of rotatable bonds is 4. The summed E-state index contributed by atoms with van der Waals surface area (Å²) in [5.41, 5.74) is 1.21. The number of nitrogens with one attached hydrogen (secondary N) is 1. The van der Waals surface area contributed by atoms with E-state index in [1.165, 1.54) is 15.6 Å². The predicted molar refractivity (Wildman–Crippen MR) is 92.0 cm³/mol. The van der Waals surface area contributed by atoms with Gasteiger partial charge in [0, 0.05) is 36.1 Å². The molecule has 3 unspecified atom stereocenters.